The second-order valence-electron chi connectivity index (χ2n) is 25.7. The molecule has 1 fully saturated rings. The minimum absolute atomic E-state index is 0.00636. The van der Waals surface area contributed by atoms with E-state index in [0.717, 1.165) is 57.8 Å². The predicted molar refractivity (Wildman–Crippen MR) is 352 cm³/mol. The maximum absolute atomic E-state index is 13.0. The molecule has 1 aliphatic rings. The molecular formula is C73H139NO10. The van der Waals surface area contributed by atoms with Crippen LogP contribution in [-0.4, -0.2) is 100 Å². The number of aliphatic hydroxyl groups excluding tert-OH is 5. The van der Waals surface area contributed by atoms with Crippen LogP contribution in [0.25, 0.3) is 0 Å². The summed E-state index contributed by atoms with van der Waals surface area (Å²) in [5.74, 6) is -0.171. The fraction of sp³-hybridized carbons (Fsp3) is 0.918. The Labute approximate surface area is 518 Å². The van der Waals surface area contributed by atoms with Gasteiger partial charge in [-0.2, -0.15) is 0 Å². The summed E-state index contributed by atoms with van der Waals surface area (Å²) in [4.78, 5) is 25.1. The van der Waals surface area contributed by atoms with E-state index in [1.807, 2.05) is 6.08 Å². The van der Waals surface area contributed by atoms with E-state index >= 15 is 0 Å². The molecular weight excluding hydrogens is 1050 g/mol. The topological polar surface area (TPSA) is 175 Å². The van der Waals surface area contributed by atoms with E-state index in [1.165, 1.54) is 283 Å². The van der Waals surface area contributed by atoms with Gasteiger partial charge in [0, 0.05) is 12.8 Å². The Morgan fingerprint density at radius 2 is 0.762 bits per heavy atom. The molecule has 0 aromatic heterocycles. The molecule has 84 heavy (non-hydrogen) atoms. The largest absolute Gasteiger partial charge is 0.466 e. The molecule has 1 heterocycles. The van der Waals surface area contributed by atoms with Crippen molar-refractivity contribution < 1.29 is 49.3 Å². The lowest BCUT2D eigenvalue weighted by Gasteiger charge is -2.40. The van der Waals surface area contributed by atoms with Gasteiger partial charge in [0.25, 0.3) is 0 Å². The summed E-state index contributed by atoms with van der Waals surface area (Å²) in [6, 6.07) is -0.804. The molecule has 11 nitrogen and oxygen atoms in total. The van der Waals surface area contributed by atoms with Crippen LogP contribution in [0.5, 0.6) is 0 Å². The number of hydrogen-bond donors (Lipinski definition) is 6. The highest BCUT2D eigenvalue weighted by molar-refractivity contribution is 5.76. The Hall–Kier alpha value is -1.86. The molecule has 0 bridgehead atoms. The Kier molecular flexibility index (Phi) is 59.9. The Morgan fingerprint density at radius 3 is 1.14 bits per heavy atom. The van der Waals surface area contributed by atoms with Gasteiger partial charge in [0.05, 0.1) is 32.0 Å². The first-order valence-corrected chi connectivity index (χ1v) is 36.6. The number of nitrogens with one attached hydrogen (secondary N) is 1. The highest BCUT2D eigenvalue weighted by atomic mass is 16.7. The quantitative estimate of drug-likeness (QED) is 0.0195. The lowest BCUT2D eigenvalue weighted by atomic mass is 9.99. The lowest BCUT2D eigenvalue weighted by molar-refractivity contribution is -0.302. The van der Waals surface area contributed by atoms with Crippen LogP contribution in [0.2, 0.25) is 0 Å². The molecule has 1 amide bonds. The van der Waals surface area contributed by atoms with Crippen molar-refractivity contribution in [2.45, 2.75) is 410 Å². The number of ether oxygens (including phenoxy) is 3. The van der Waals surface area contributed by atoms with E-state index in [4.69, 9.17) is 14.2 Å². The van der Waals surface area contributed by atoms with E-state index in [9.17, 15) is 35.1 Å². The van der Waals surface area contributed by atoms with Crippen molar-refractivity contribution in [1.82, 2.24) is 5.32 Å². The highest BCUT2D eigenvalue weighted by Gasteiger charge is 2.44. The van der Waals surface area contributed by atoms with Gasteiger partial charge in [-0.05, 0) is 57.8 Å². The molecule has 1 rings (SSSR count). The summed E-state index contributed by atoms with van der Waals surface area (Å²) < 4.78 is 16.7. The third kappa shape index (κ3) is 51.1. The number of allylic oxidation sites excluding steroid dienone is 3. The van der Waals surface area contributed by atoms with Gasteiger partial charge in [0.15, 0.2) is 6.29 Å². The normalized spacial score (nSPS) is 18.1. The summed E-state index contributed by atoms with van der Waals surface area (Å²) in [6.45, 7) is 4.34. The number of hydrogen-bond acceptors (Lipinski definition) is 10. The molecule has 6 N–H and O–H groups in total. The summed E-state index contributed by atoms with van der Waals surface area (Å²) in [5, 5.41) is 54.3. The molecule has 7 atom stereocenters. The number of carbonyl (C=O) groups excluding carboxylic acids is 2. The first-order valence-electron chi connectivity index (χ1n) is 36.6. The van der Waals surface area contributed by atoms with Gasteiger partial charge in [-0.3, -0.25) is 9.59 Å². The molecule has 7 unspecified atom stereocenters. The van der Waals surface area contributed by atoms with E-state index < -0.39 is 49.5 Å². The first-order chi connectivity index (χ1) is 41.2. The average molecular weight is 1190 g/mol. The SMILES string of the molecule is CCCCCCC/C=C\CCCCCCCC(=O)OCCCCCCCCCCCCCCCCCCCCCCCCCCCCCCCCCCCC(=O)NC(COC1OC(CO)C(O)C(O)C1O)C(O)/C=C/CCCCCCCCC. The maximum Gasteiger partial charge on any atom is 0.305 e. The molecule has 0 saturated carbocycles. The zero-order chi connectivity index (χ0) is 60.9. The van der Waals surface area contributed by atoms with E-state index in [1.54, 1.807) is 6.08 Å². The molecule has 1 saturated heterocycles. The second kappa shape index (κ2) is 62.7. The molecule has 1 aliphatic heterocycles. The summed E-state index contributed by atoms with van der Waals surface area (Å²) in [5.41, 5.74) is 0. The Balaban J connectivity index is 1.87. The van der Waals surface area contributed by atoms with Crippen LogP contribution >= 0.6 is 0 Å². The van der Waals surface area contributed by atoms with Crippen molar-refractivity contribution in [3.63, 3.8) is 0 Å². The van der Waals surface area contributed by atoms with E-state index in [-0.39, 0.29) is 18.5 Å². The summed E-state index contributed by atoms with van der Waals surface area (Å²) in [6.07, 6.45) is 69.2. The second-order valence-corrected chi connectivity index (χ2v) is 25.7. The molecule has 0 spiro atoms. The van der Waals surface area contributed by atoms with Gasteiger partial charge < -0.3 is 45.1 Å². The van der Waals surface area contributed by atoms with Gasteiger partial charge in [-0.15, -0.1) is 0 Å². The van der Waals surface area contributed by atoms with Crippen LogP contribution in [0, 0.1) is 0 Å². The van der Waals surface area contributed by atoms with Gasteiger partial charge in [-0.25, -0.2) is 0 Å². The van der Waals surface area contributed by atoms with Crippen molar-refractivity contribution in [2.75, 3.05) is 19.8 Å². The van der Waals surface area contributed by atoms with Crippen molar-refractivity contribution >= 4 is 11.9 Å². The number of rotatable bonds is 65. The monoisotopic (exact) mass is 1190 g/mol. The van der Waals surface area contributed by atoms with Gasteiger partial charge in [0.2, 0.25) is 5.91 Å². The molecule has 0 aliphatic carbocycles. The zero-order valence-electron chi connectivity index (χ0n) is 55.1. The minimum Gasteiger partial charge on any atom is -0.466 e. The summed E-state index contributed by atoms with van der Waals surface area (Å²) in [7, 11) is 0. The van der Waals surface area contributed by atoms with Crippen molar-refractivity contribution in [1.29, 1.82) is 0 Å². The molecule has 0 aromatic rings. The highest BCUT2D eigenvalue weighted by Crippen LogP contribution is 2.24. The van der Waals surface area contributed by atoms with Crippen molar-refractivity contribution in [3.05, 3.63) is 24.3 Å². The average Bonchev–Trinajstić information content (AvgIpc) is 3.70. The van der Waals surface area contributed by atoms with Crippen LogP contribution < -0.4 is 5.32 Å². The fourth-order valence-electron chi connectivity index (χ4n) is 11.8. The molecule has 0 radical (unpaired) electrons. The van der Waals surface area contributed by atoms with Crippen LogP contribution in [0.15, 0.2) is 24.3 Å². The van der Waals surface area contributed by atoms with Crippen LogP contribution in [0.3, 0.4) is 0 Å². The molecule has 0 aromatic carbocycles. The number of carbonyl (C=O) groups is 2. The van der Waals surface area contributed by atoms with Crippen molar-refractivity contribution in [3.8, 4) is 0 Å². The van der Waals surface area contributed by atoms with Crippen LogP contribution in [0.1, 0.15) is 367 Å². The number of aliphatic hydroxyl groups is 5. The number of unbranched alkanes of at least 4 members (excludes halogenated alkanes) is 49. The number of esters is 1. The first kappa shape index (κ1) is 80.2. The van der Waals surface area contributed by atoms with E-state index in [0.29, 0.717) is 19.4 Å². The third-order valence-corrected chi connectivity index (χ3v) is 17.6. The zero-order valence-corrected chi connectivity index (χ0v) is 55.1. The molecule has 496 valence electrons. The standard InChI is InChI=1S/C73H139NO10/c1-3-5-7-9-11-13-14-15-38-41-45-49-53-57-61-69(78)82-62-58-54-50-46-42-39-36-34-32-30-28-26-24-22-20-18-16-17-19-21-23-25-27-29-31-33-35-37-40-44-48-52-56-60-68(77)74-65(66(76)59-55-51-47-43-12-10-8-6-4-2)64-83-73-72(81)71(80)70(79)67(63-75)84-73/h14-15,55,59,65-67,70-73,75-76,79-81H,3-13,16-54,56-58,60-64H2,1-2H3,(H,74,77)/b15-14-,59-55+. The Bertz CT molecular complexity index is 1440. The van der Waals surface area contributed by atoms with Gasteiger partial charge in [0.1, 0.15) is 24.4 Å². The minimum atomic E-state index is -1.57. The maximum atomic E-state index is 13.0. The Morgan fingerprint density at radius 1 is 0.429 bits per heavy atom. The predicted octanol–water partition coefficient (Wildman–Crippen LogP) is 18.8. The third-order valence-electron chi connectivity index (χ3n) is 17.6. The van der Waals surface area contributed by atoms with Crippen LogP contribution in [0.4, 0.5) is 0 Å². The fourth-order valence-corrected chi connectivity index (χ4v) is 11.8. The van der Waals surface area contributed by atoms with Crippen LogP contribution in [-0.2, 0) is 23.8 Å². The van der Waals surface area contributed by atoms with Crippen molar-refractivity contribution in [2.24, 2.45) is 0 Å². The van der Waals surface area contributed by atoms with Gasteiger partial charge >= 0.3 is 5.97 Å². The smallest absolute Gasteiger partial charge is 0.305 e. The summed E-state index contributed by atoms with van der Waals surface area (Å²) >= 11 is 0. The number of amides is 1. The van der Waals surface area contributed by atoms with E-state index in [2.05, 4.69) is 31.3 Å². The molecule has 11 heteroatoms. The lowest BCUT2D eigenvalue weighted by Crippen LogP contribution is -2.60. The van der Waals surface area contributed by atoms with Gasteiger partial charge in [-0.1, -0.05) is 321 Å².